The first kappa shape index (κ1) is 20.1. The van der Waals surface area contributed by atoms with E-state index in [9.17, 15) is 14.9 Å². The van der Waals surface area contributed by atoms with Crippen LogP contribution in [-0.4, -0.2) is 37.5 Å². The zero-order valence-electron chi connectivity index (χ0n) is 16.7. The Bertz CT molecular complexity index is 1070. The smallest absolute Gasteiger partial charge is 0.350 e. The monoisotopic (exact) mass is 398 g/mol. The van der Waals surface area contributed by atoms with E-state index in [1.807, 2.05) is 49.7 Å². The van der Waals surface area contributed by atoms with Gasteiger partial charge in [0, 0.05) is 0 Å². The third-order valence-corrected chi connectivity index (χ3v) is 4.63. The van der Waals surface area contributed by atoms with Crippen molar-refractivity contribution in [1.29, 1.82) is 0 Å². The number of ether oxygens (including phenoxy) is 1. The molecule has 10 nitrogen and oxygen atoms in total. The lowest BCUT2D eigenvalue weighted by atomic mass is 10.1. The van der Waals surface area contributed by atoms with E-state index in [-0.39, 0.29) is 24.0 Å². The molecule has 0 aliphatic heterocycles. The second-order valence-corrected chi connectivity index (χ2v) is 6.66. The van der Waals surface area contributed by atoms with Gasteiger partial charge in [-0.2, -0.15) is 5.10 Å². The molecule has 1 amide bonds. The van der Waals surface area contributed by atoms with Crippen molar-refractivity contribution in [3.05, 3.63) is 63.1 Å². The Kier molecular flexibility index (Phi) is 5.62. The van der Waals surface area contributed by atoms with Crippen molar-refractivity contribution in [2.75, 3.05) is 12.4 Å². The molecule has 10 heteroatoms. The molecule has 1 N–H and O–H groups in total. The fourth-order valence-electron chi connectivity index (χ4n) is 3.05. The minimum absolute atomic E-state index is 0.138. The predicted molar refractivity (Wildman–Crippen MR) is 106 cm³/mol. The lowest BCUT2D eigenvalue weighted by Crippen LogP contribution is -2.20. The summed E-state index contributed by atoms with van der Waals surface area (Å²) in [5, 5.41) is 22.3. The number of aryl methyl sites for hydroxylation is 2. The van der Waals surface area contributed by atoms with E-state index in [1.54, 1.807) is 0 Å². The standard InChI is InChI=1S/C19H22N6O4/c1-12-7-5-6-8-15(12)9-24-14(3)18(13(2)21-24)20-17(26)11-23-10-16(25(27)28)19(22-23)29-4/h5-8,10H,9,11H2,1-4H3,(H,20,26). The number of anilines is 1. The van der Waals surface area contributed by atoms with E-state index in [0.29, 0.717) is 17.9 Å². The summed E-state index contributed by atoms with van der Waals surface area (Å²) in [6, 6.07) is 8.05. The highest BCUT2D eigenvalue weighted by Crippen LogP contribution is 2.24. The fourth-order valence-corrected chi connectivity index (χ4v) is 3.05. The molecule has 3 rings (SSSR count). The molecule has 3 aromatic rings. The summed E-state index contributed by atoms with van der Waals surface area (Å²) in [6.45, 7) is 6.15. The highest BCUT2D eigenvalue weighted by molar-refractivity contribution is 5.91. The third-order valence-electron chi connectivity index (χ3n) is 4.63. The highest BCUT2D eigenvalue weighted by Gasteiger charge is 2.22. The number of benzene rings is 1. The van der Waals surface area contributed by atoms with Crippen molar-refractivity contribution >= 4 is 17.3 Å². The number of methoxy groups -OCH3 is 1. The van der Waals surface area contributed by atoms with Gasteiger partial charge in [0.2, 0.25) is 5.91 Å². The van der Waals surface area contributed by atoms with Crippen LogP contribution < -0.4 is 10.1 Å². The first-order chi connectivity index (χ1) is 13.8. The van der Waals surface area contributed by atoms with Crippen molar-refractivity contribution in [3.63, 3.8) is 0 Å². The van der Waals surface area contributed by atoms with Gasteiger partial charge < -0.3 is 10.1 Å². The minimum Gasteiger partial charge on any atom is -0.475 e. The average molecular weight is 398 g/mol. The summed E-state index contributed by atoms with van der Waals surface area (Å²) >= 11 is 0. The topological polar surface area (TPSA) is 117 Å². The number of carbonyl (C=O) groups excluding carboxylic acids is 1. The third kappa shape index (κ3) is 4.26. The van der Waals surface area contributed by atoms with Crippen molar-refractivity contribution in [1.82, 2.24) is 19.6 Å². The molecule has 152 valence electrons. The molecule has 0 fully saturated rings. The Balaban J connectivity index is 1.75. The maximum Gasteiger partial charge on any atom is 0.350 e. The van der Waals surface area contributed by atoms with Gasteiger partial charge in [0.15, 0.2) is 0 Å². The molecular formula is C19H22N6O4. The summed E-state index contributed by atoms with van der Waals surface area (Å²) < 4.78 is 7.89. The molecule has 1 aromatic carbocycles. The minimum atomic E-state index is -0.607. The molecule has 0 unspecified atom stereocenters. The molecule has 2 aromatic heterocycles. The largest absolute Gasteiger partial charge is 0.475 e. The second kappa shape index (κ2) is 8.13. The molecule has 0 radical (unpaired) electrons. The van der Waals surface area contributed by atoms with Gasteiger partial charge in [-0.25, -0.2) is 0 Å². The zero-order chi connectivity index (χ0) is 21.1. The maximum atomic E-state index is 12.5. The van der Waals surface area contributed by atoms with Gasteiger partial charge in [0.25, 0.3) is 0 Å². The van der Waals surface area contributed by atoms with Gasteiger partial charge >= 0.3 is 11.6 Å². The van der Waals surface area contributed by atoms with Gasteiger partial charge in [0.1, 0.15) is 12.7 Å². The van der Waals surface area contributed by atoms with Crippen LogP contribution in [0.25, 0.3) is 0 Å². The van der Waals surface area contributed by atoms with E-state index < -0.39 is 4.92 Å². The van der Waals surface area contributed by atoms with Crippen molar-refractivity contribution < 1.29 is 14.5 Å². The molecule has 2 heterocycles. The van der Waals surface area contributed by atoms with Crippen LogP contribution in [-0.2, 0) is 17.9 Å². The highest BCUT2D eigenvalue weighted by atomic mass is 16.6. The molecule has 0 bridgehead atoms. The van der Waals surface area contributed by atoms with Crippen LogP contribution in [0.3, 0.4) is 0 Å². The van der Waals surface area contributed by atoms with E-state index in [1.165, 1.54) is 23.6 Å². The Morgan fingerprint density at radius 2 is 1.97 bits per heavy atom. The SMILES string of the molecule is COc1nn(CC(=O)Nc2c(C)nn(Cc3ccccc3C)c2C)cc1[N+](=O)[O-]. The molecule has 0 aliphatic rings. The molecule has 0 spiro atoms. The van der Waals surface area contributed by atoms with Gasteiger partial charge in [-0.15, -0.1) is 5.10 Å². The van der Waals surface area contributed by atoms with Crippen molar-refractivity contribution in [3.8, 4) is 5.88 Å². The first-order valence-electron chi connectivity index (χ1n) is 8.94. The van der Waals surface area contributed by atoms with Crippen molar-refractivity contribution in [2.45, 2.75) is 33.9 Å². The summed E-state index contributed by atoms with van der Waals surface area (Å²) in [5.74, 6) is -0.507. The second-order valence-electron chi connectivity index (χ2n) is 6.66. The molecule has 29 heavy (non-hydrogen) atoms. The summed E-state index contributed by atoms with van der Waals surface area (Å²) in [5.41, 5.74) is 4.15. The number of amides is 1. The van der Waals surface area contributed by atoms with E-state index in [0.717, 1.165) is 11.3 Å². The summed E-state index contributed by atoms with van der Waals surface area (Å²) in [4.78, 5) is 22.9. The number of hydrogen-bond donors (Lipinski definition) is 1. The summed E-state index contributed by atoms with van der Waals surface area (Å²) in [6.07, 6.45) is 1.17. The number of carbonyl (C=O) groups is 1. The van der Waals surface area contributed by atoms with E-state index >= 15 is 0 Å². The molecule has 0 aliphatic carbocycles. The number of nitrogens with zero attached hydrogens (tertiary/aromatic N) is 5. The van der Waals surface area contributed by atoms with Crippen LogP contribution in [0, 0.1) is 30.9 Å². The average Bonchev–Trinajstić information content (AvgIpc) is 3.20. The number of hydrogen-bond acceptors (Lipinski definition) is 6. The molecule has 0 atom stereocenters. The zero-order valence-corrected chi connectivity index (χ0v) is 16.7. The van der Waals surface area contributed by atoms with Crippen LogP contribution in [0.1, 0.15) is 22.5 Å². The number of rotatable bonds is 7. The Morgan fingerprint density at radius 1 is 1.24 bits per heavy atom. The van der Waals surface area contributed by atoms with Crippen LogP contribution in [0.4, 0.5) is 11.4 Å². The summed E-state index contributed by atoms with van der Waals surface area (Å²) in [7, 11) is 1.29. The van der Waals surface area contributed by atoms with Crippen LogP contribution in [0.2, 0.25) is 0 Å². The van der Waals surface area contributed by atoms with Gasteiger partial charge in [-0.1, -0.05) is 24.3 Å². The lowest BCUT2D eigenvalue weighted by molar-refractivity contribution is -0.385. The Hall–Kier alpha value is -3.69. The maximum absolute atomic E-state index is 12.5. The molecule has 0 saturated carbocycles. The quantitative estimate of drug-likeness (QED) is 0.483. The Morgan fingerprint density at radius 3 is 2.59 bits per heavy atom. The fraction of sp³-hybridized carbons (Fsp3) is 0.316. The van der Waals surface area contributed by atoms with Gasteiger partial charge in [-0.05, 0) is 31.9 Å². The number of aromatic nitrogens is 4. The van der Waals surface area contributed by atoms with Gasteiger partial charge in [0.05, 0.1) is 35.7 Å². The van der Waals surface area contributed by atoms with Crippen LogP contribution >= 0.6 is 0 Å². The van der Waals surface area contributed by atoms with Crippen molar-refractivity contribution in [2.24, 2.45) is 0 Å². The molecule has 0 saturated heterocycles. The molecular weight excluding hydrogens is 376 g/mol. The van der Waals surface area contributed by atoms with Crippen LogP contribution in [0.15, 0.2) is 30.5 Å². The van der Waals surface area contributed by atoms with E-state index in [2.05, 4.69) is 15.5 Å². The first-order valence-corrected chi connectivity index (χ1v) is 8.94. The van der Waals surface area contributed by atoms with Gasteiger partial charge in [-0.3, -0.25) is 24.3 Å². The number of nitro groups is 1. The van der Waals surface area contributed by atoms with E-state index in [4.69, 9.17) is 4.74 Å². The normalized spacial score (nSPS) is 10.8. The predicted octanol–water partition coefficient (Wildman–Crippen LogP) is 2.61. The number of nitrogens with one attached hydrogen (secondary N) is 1. The lowest BCUT2D eigenvalue weighted by Gasteiger charge is -2.09. The van der Waals surface area contributed by atoms with Crippen LogP contribution in [0.5, 0.6) is 5.88 Å². The Labute approximate surface area is 167 Å².